The number of aryl methyl sites for hydroxylation is 1. The molecule has 4 aromatic rings. The van der Waals surface area contributed by atoms with Crippen molar-refractivity contribution in [1.82, 2.24) is 4.57 Å². The van der Waals surface area contributed by atoms with Crippen LogP contribution in [0.15, 0.2) is 95.1 Å². The van der Waals surface area contributed by atoms with Gasteiger partial charge in [-0.3, -0.25) is 0 Å². The number of aromatic nitrogens is 1. The van der Waals surface area contributed by atoms with Crippen LogP contribution in [0.1, 0.15) is 5.56 Å². The number of carbonyl (C=O) groups is 1. The average molecular weight is 379 g/mol. The van der Waals surface area contributed by atoms with E-state index in [0.29, 0.717) is 5.71 Å². The summed E-state index contributed by atoms with van der Waals surface area (Å²) in [5, 5.41) is 4.95. The molecule has 0 atom stereocenters. The Morgan fingerprint density at radius 1 is 0.828 bits per heavy atom. The zero-order chi connectivity index (χ0) is 19.8. The van der Waals surface area contributed by atoms with Crippen molar-refractivity contribution in [3.8, 4) is 11.3 Å². The standard InChI is InChI=1S/C24H17N3O2/c1-27-19-15-9-8-14-18(19)21(23(27)17-12-6-3-7-13-17)25-22-20(26-29-24(22)28)16-10-4-2-5-11-16/h2-15H,1H3. The molecule has 0 saturated heterocycles. The lowest BCUT2D eigenvalue weighted by molar-refractivity contribution is -0.134. The predicted octanol–water partition coefficient (Wildman–Crippen LogP) is 4.88. The number of fused-ring (bicyclic) bond motifs is 1. The molecule has 1 aliphatic rings. The molecule has 5 rings (SSSR count). The number of benzene rings is 3. The van der Waals surface area contributed by atoms with Gasteiger partial charge >= 0.3 is 5.97 Å². The first-order valence-electron chi connectivity index (χ1n) is 9.30. The van der Waals surface area contributed by atoms with Crippen LogP contribution in [0.4, 0.5) is 5.69 Å². The number of hydrogen-bond donors (Lipinski definition) is 0. The molecule has 0 spiro atoms. The van der Waals surface area contributed by atoms with Gasteiger partial charge in [0.2, 0.25) is 0 Å². The van der Waals surface area contributed by atoms with E-state index in [1.807, 2.05) is 92.0 Å². The monoisotopic (exact) mass is 379 g/mol. The fraction of sp³-hybridized carbons (Fsp3) is 0.0417. The molecule has 0 radical (unpaired) electrons. The third kappa shape index (κ3) is 2.84. The van der Waals surface area contributed by atoms with Crippen molar-refractivity contribution in [2.24, 2.45) is 17.2 Å². The summed E-state index contributed by atoms with van der Waals surface area (Å²) < 4.78 is 2.10. The summed E-state index contributed by atoms with van der Waals surface area (Å²) in [7, 11) is 2.01. The van der Waals surface area contributed by atoms with E-state index in [9.17, 15) is 4.79 Å². The maximum atomic E-state index is 12.5. The largest absolute Gasteiger partial charge is 0.386 e. The predicted molar refractivity (Wildman–Crippen MR) is 115 cm³/mol. The summed E-state index contributed by atoms with van der Waals surface area (Å²) in [5.41, 5.74) is 5.18. The van der Waals surface area contributed by atoms with E-state index in [0.717, 1.165) is 33.4 Å². The molecule has 0 unspecified atom stereocenters. The molecule has 140 valence electrons. The maximum Gasteiger partial charge on any atom is 0.386 e. The van der Waals surface area contributed by atoms with E-state index in [1.54, 1.807) is 0 Å². The van der Waals surface area contributed by atoms with Gasteiger partial charge in [0, 0.05) is 23.6 Å². The fourth-order valence-electron chi connectivity index (χ4n) is 3.68. The lowest BCUT2D eigenvalue weighted by atomic mass is 10.1. The molecule has 1 aromatic heterocycles. The lowest BCUT2D eigenvalue weighted by Crippen LogP contribution is -2.18. The summed E-state index contributed by atoms with van der Waals surface area (Å²) in [4.78, 5) is 22.3. The van der Waals surface area contributed by atoms with Gasteiger partial charge in [-0.25, -0.2) is 9.79 Å². The fourth-order valence-corrected chi connectivity index (χ4v) is 3.68. The van der Waals surface area contributed by atoms with Crippen LogP contribution in [-0.4, -0.2) is 22.0 Å². The van der Waals surface area contributed by atoms with E-state index < -0.39 is 5.97 Å². The van der Waals surface area contributed by atoms with Crippen molar-refractivity contribution in [2.45, 2.75) is 0 Å². The number of rotatable bonds is 3. The minimum absolute atomic E-state index is 0.213. The van der Waals surface area contributed by atoms with Crippen LogP contribution in [0, 0.1) is 0 Å². The van der Waals surface area contributed by atoms with Crippen LogP contribution in [0.5, 0.6) is 0 Å². The Morgan fingerprint density at radius 2 is 1.45 bits per heavy atom. The van der Waals surface area contributed by atoms with E-state index >= 15 is 0 Å². The number of para-hydroxylation sites is 1. The first-order chi connectivity index (χ1) is 14.2. The van der Waals surface area contributed by atoms with Gasteiger partial charge in [0.05, 0.1) is 16.9 Å². The molecule has 0 aliphatic carbocycles. The molecular weight excluding hydrogens is 362 g/mol. The van der Waals surface area contributed by atoms with Crippen molar-refractivity contribution in [3.63, 3.8) is 0 Å². The third-order valence-corrected chi connectivity index (χ3v) is 5.04. The highest BCUT2D eigenvalue weighted by atomic mass is 16.7. The second-order valence-corrected chi connectivity index (χ2v) is 6.78. The lowest BCUT2D eigenvalue weighted by Gasteiger charge is -2.06. The smallest absolute Gasteiger partial charge is 0.342 e. The van der Waals surface area contributed by atoms with Crippen LogP contribution >= 0.6 is 0 Å². The molecule has 0 amide bonds. The summed E-state index contributed by atoms with van der Waals surface area (Å²) in [6, 6.07) is 27.5. The molecule has 5 nitrogen and oxygen atoms in total. The van der Waals surface area contributed by atoms with Gasteiger partial charge in [-0.2, -0.15) is 0 Å². The average Bonchev–Trinajstić information content (AvgIpc) is 3.27. The highest BCUT2D eigenvalue weighted by Gasteiger charge is 2.30. The molecule has 0 saturated carbocycles. The van der Waals surface area contributed by atoms with Gasteiger partial charge in [-0.1, -0.05) is 84.0 Å². The van der Waals surface area contributed by atoms with Gasteiger partial charge in [0.1, 0.15) is 5.71 Å². The first-order valence-corrected chi connectivity index (χ1v) is 9.30. The van der Waals surface area contributed by atoms with E-state index in [4.69, 9.17) is 9.83 Å². The summed E-state index contributed by atoms with van der Waals surface area (Å²) in [6.45, 7) is 0. The van der Waals surface area contributed by atoms with Crippen molar-refractivity contribution >= 4 is 34.0 Å². The highest BCUT2D eigenvalue weighted by molar-refractivity contribution is 6.70. The van der Waals surface area contributed by atoms with Crippen molar-refractivity contribution < 1.29 is 9.63 Å². The van der Waals surface area contributed by atoms with Crippen molar-refractivity contribution in [3.05, 3.63) is 90.5 Å². The van der Waals surface area contributed by atoms with Gasteiger partial charge < -0.3 is 9.40 Å². The molecule has 3 aromatic carbocycles. The second kappa shape index (κ2) is 6.87. The van der Waals surface area contributed by atoms with E-state index in [2.05, 4.69) is 9.72 Å². The van der Waals surface area contributed by atoms with Crippen molar-refractivity contribution in [2.75, 3.05) is 0 Å². The topological polar surface area (TPSA) is 56.0 Å². The van der Waals surface area contributed by atoms with Gasteiger partial charge in [0.15, 0.2) is 5.71 Å². The summed E-state index contributed by atoms with van der Waals surface area (Å²) in [6.07, 6.45) is 0. The molecule has 0 bridgehead atoms. The zero-order valence-corrected chi connectivity index (χ0v) is 15.7. The molecule has 29 heavy (non-hydrogen) atoms. The summed E-state index contributed by atoms with van der Waals surface area (Å²) in [5.74, 6) is -0.546. The van der Waals surface area contributed by atoms with E-state index in [1.165, 1.54) is 0 Å². The Labute approximate surface area is 167 Å². The Bertz CT molecular complexity index is 1290. The van der Waals surface area contributed by atoms with Crippen LogP contribution in [-0.2, 0) is 16.7 Å². The molecule has 0 fully saturated rings. The minimum atomic E-state index is -0.546. The van der Waals surface area contributed by atoms with Crippen LogP contribution in [0.25, 0.3) is 22.2 Å². The summed E-state index contributed by atoms with van der Waals surface area (Å²) >= 11 is 0. The SMILES string of the molecule is Cn1c(-c2ccccc2)c(N=C2C(=O)ON=C2c2ccccc2)c2ccccc21. The zero-order valence-electron chi connectivity index (χ0n) is 15.7. The second-order valence-electron chi connectivity index (χ2n) is 6.78. The number of aliphatic imine (C=N–C) groups is 1. The number of oxime groups is 1. The molecule has 1 aliphatic heterocycles. The third-order valence-electron chi connectivity index (χ3n) is 5.04. The quantitative estimate of drug-likeness (QED) is 0.477. The minimum Gasteiger partial charge on any atom is -0.342 e. The number of carbonyl (C=O) groups excluding carboxylic acids is 1. The highest BCUT2D eigenvalue weighted by Crippen LogP contribution is 2.40. The number of nitrogens with zero attached hydrogens (tertiary/aromatic N) is 3. The maximum absolute atomic E-state index is 12.5. The van der Waals surface area contributed by atoms with Crippen LogP contribution in [0.3, 0.4) is 0 Å². The van der Waals surface area contributed by atoms with Gasteiger partial charge in [0.25, 0.3) is 0 Å². The first kappa shape index (κ1) is 17.1. The van der Waals surface area contributed by atoms with Gasteiger partial charge in [-0.05, 0) is 6.07 Å². The molecule has 5 heteroatoms. The Kier molecular flexibility index (Phi) is 4.06. The molecule has 2 heterocycles. The Hall–Kier alpha value is -3.99. The number of hydrogen-bond acceptors (Lipinski definition) is 4. The Balaban J connectivity index is 1.77. The van der Waals surface area contributed by atoms with E-state index in [-0.39, 0.29) is 5.71 Å². The Morgan fingerprint density at radius 3 is 2.17 bits per heavy atom. The van der Waals surface area contributed by atoms with Crippen LogP contribution < -0.4 is 0 Å². The normalized spacial score (nSPS) is 15.0. The molecular formula is C24H17N3O2. The van der Waals surface area contributed by atoms with Gasteiger partial charge in [-0.15, -0.1) is 0 Å². The van der Waals surface area contributed by atoms with Crippen LogP contribution in [0.2, 0.25) is 0 Å². The van der Waals surface area contributed by atoms with Crippen molar-refractivity contribution in [1.29, 1.82) is 0 Å². The molecule has 0 N–H and O–H groups in total.